The second kappa shape index (κ2) is 5.28. The van der Waals surface area contributed by atoms with E-state index in [1.165, 1.54) is 0 Å². The van der Waals surface area contributed by atoms with Gasteiger partial charge in [0, 0.05) is 23.2 Å². The molecule has 0 aliphatic carbocycles. The maximum atomic E-state index is 11.3. The molecule has 5 heteroatoms. The minimum absolute atomic E-state index is 0.300. The third-order valence-corrected chi connectivity index (χ3v) is 3.34. The van der Waals surface area contributed by atoms with Gasteiger partial charge >= 0.3 is 5.97 Å². The van der Waals surface area contributed by atoms with E-state index >= 15 is 0 Å². The van der Waals surface area contributed by atoms with Crippen LogP contribution >= 0.6 is 0 Å². The lowest BCUT2D eigenvalue weighted by Gasteiger charge is -2.06. The summed E-state index contributed by atoms with van der Waals surface area (Å²) in [6.07, 6.45) is 1.65. The second-order valence-electron chi connectivity index (χ2n) is 4.66. The molecule has 2 aromatic heterocycles. The average molecular weight is 282 g/mol. The first-order valence-corrected chi connectivity index (χ1v) is 6.50. The van der Waals surface area contributed by atoms with Crippen LogP contribution in [0.4, 0.5) is 0 Å². The second-order valence-corrected chi connectivity index (χ2v) is 4.66. The van der Waals surface area contributed by atoms with Crippen molar-refractivity contribution in [1.82, 2.24) is 9.55 Å². The number of nitrogens with zero attached hydrogens (tertiary/aromatic N) is 2. The third-order valence-electron chi connectivity index (χ3n) is 3.34. The summed E-state index contributed by atoms with van der Waals surface area (Å²) < 4.78 is 7.00. The highest BCUT2D eigenvalue weighted by atomic mass is 16.5. The Balaban J connectivity index is 2.06. The molecule has 1 aromatic carbocycles. The van der Waals surface area contributed by atoms with Crippen LogP contribution in [-0.4, -0.2) is 27.7 Å². The summed E-state index contributed by atoms with van der Waals surface area (Å²) in [6, 6.07) is 13.0. The quantitative estimate of drug-likeness (QED) is 0.799. The Hall–Kier alpha value is -2.82. The van der Waals surface area contributed by atoms with E-state index in [0.29, 0.717) is 18.0 Å². The van der Waals surface area contributed by atoms with Crippen molar-refractivity contribution < 1.29 is 14.6 Å². The van der Waals surface area contributed by atoms with Crippen LogP contribution in [0.2, 0.25) is 0 Å². The Morgan fingerprint density at radius 2 is 2.05 bits per heavy atom. The van der Waals surface area contributed by atoms with E-state index in [1.54, 1.807) is 19.4 Å². The molecule has 3 aromatic rings. The van der Waals surface area contributed by atoms with Gasteiger partial charge < -0.3 is 14.4 Å². The minimum Gasteiger partial charge on any atom is -0.481 e. The zero-order valence-corrected chi connectivity index (χ0v) is 11.5. The number of ether oxygens (including phenoxy) is 1. The molecule has 0 amide bonds. The molecule has 0 radical (unpaired) electrons. The number of rotatable bonds is 4. The standard InChI is InChI=1S/C16H14N2O3/c1-21-15-8-4-5-11(17-15)9-18-10-13(16(19)20)12-6-2-3-7-14(12)18/h2-8,10H,9H2,1H3,(H,19,20). The van der Waals surface area contributed by atoms with Crippen LogP contribution in [0.5, 0.6) is 5.88 Å². The average Bonchev–Trinajstić information content (AvgIpc) is 2.87. The molecular weight excluding hydrogens is 268 g/mol. The Morgan fingerprint density at radius 3 is 2.81 bits per heavy atom. The van der Waals surface area contributed by atoms with E-state index in [1.807, 2.05) is 41.0 Å². The normalized spacial score (nSPS) is 10.7. The van der Waals surface area contributed by atoms with Crippen LogP contribution in [0.25, 0.3) is 10.9 Å². The maximum Gasteiger partial charge on any atom is 0.337 e. The van der Waals surface area contributed by atoms with Gasteiger partial charge in [-0.2, -0.15) is 0 Å². The molecule has 5 nitrogen and oxygen atoms in total. The summed E-state index contributed by atoms with van der Waals surface area (Å²) in [7, 11) is 1.57. The summed E-state index contributed by atoms with van der Waals surface area (Å²) >= 11 is 0. The number of methoxy groups -OCH3 is 1. The summed E-state index contributed by atoms with van der Waals surface area (Å²) in [4.78, 5) is 15.7. The molecule has 106 valence electrons. The Bertz CT molecular complexity index is 808. The van der Waals surface area contributed by atoms with Crippen molar-refractivity contribution in [3.63, 3.8) is 0 Å². The highest BCUT2D eigenvalue weighted by Crippen LogP contribution is 2.22. The SMILES string of the molecule is COc1cccc(Cn2cc(C(=O)O)c3ccccc32)n1. The zero-order valence-electron chi connectivity index (χ0n) is 11.5. The Labute approximate surface area is 121 Å². The van der Waals surface area contributed by atoms with Crippen molar-refractivity contribution in [3.8, 4) is 5.88 Å². The summed E-state index contributed by atoms with van der Waals surface area (Å²) in [5.41, 5.74) is 1.99. The largest absolute Gasteiger partial charge is 0.481 e. The number of hydrogen-bond donors (Lipinski definition) is 1. The lowest BCUT2D eigenvalue weighted by molar-refractivity contribution is 0.0699. The van der Waals surface area contributed by atoms with Crippen molar-refractivity contribution in [2.75, 3.05) is 7.11 Å². The first-order chi connectivity index (χ1) is 10.2. The van der Waals surface area contributed by atoms with Crippen molar-refractivity contribution in [3.05, 3.63) is 59.9 Å². The first-order valence-electron chi connectivity index (χ1n) is 6.50. The number of carboxylic acids is 1. The molecule has 0 saturated heterocycles. The summed E-state index contributed by atoms with van der Waals surface area (Å²) in [6.45, 7) is 0.491. The number of carboxylic acid groups (broad SMARTS) is 1. The molecule has 0 bridgehead atoms. The highest BCUT2D eigenvalue weighted by molar-refractivity contribution is 6.03. The van der Waals surface area contributed by atoms with Gasteiger partial charge in [-0.25, -0.2) is 9.78 Å². The van der Waals surface area contributed by atoms with Gasteiger partial charge in [-0.1, -0.05) is 24.3 Å². The number of benzene rings is 1. The molecule has 0 spiro atoms. The molecule has 1 N–H and O–H groups in total. The molecule has 3 rings (SSSR count). The van der Waals surface area contributed by atoms with E-state index in [4.69, 9.17) is 4.74 Å². The predicted molar refractivity (Wildman–Crippen MR) is 78.8 cm³/mol. The molecule has 2 heterocycles. The minimum atomic E-state index is -0.927. The van der Waals surface area contributed by atoms with Crippen LogP contribution in [0.1, 0.15) is 16.1 Å². The Kier molecular flexibility index (Phi) is 3.31. The molecule has 0 aliphatic heterocycles. The predicted octanol–water partition coefficient (Wildman–Crippen LogP) is 2.79. The van der Waals surface area contributed by atoms with Gasteiger partial charge in [-0.3, -0.25) is 0 Å². The summed E-state index contributed by atoms with van der Waals surface area (Å²) in [5.74, 6) is -0.383. The fraction of sp³-hybridized carbons (Fsp3) is 0.125. The Morgan fingerprint density at radius 1 is 1.24 bits per heavy atom. The van der Waals surface area contributed by atoms with E-state index in [-0.39, 0.29) is 0 Å². The molecule has 0 saturated carbocycles. The van der Waals surface area contributed by atoms with E-state index in [2.05, 4.69) is 4.98 Å². The lowest BCUT2D eigenvalue weighted by atomic mass is 10.2. The van der Waals surface area contributed by atoms with Crippen molar-refractivity contribution >= 4 is 16.9 Å². The van der Waals surface area contributed by atoms with E-state index in [9.17, 15) is 9.90 Å². The van der Waals surface area contributed by atoms with E-state index < -0.39 is 5.97 Å². The number of hydrogen-bond acceptors (Lipinski definition) is 3. The number of carbonyl (C=O) groups is 1. The molecule has 0 fully saturated rings. The molecule has 0 atom stereocenters. The van der Waals surface area contributed by atoms with Crippen LogP contribution in [0.3, 0.4) is 0 Å². The topological polar surface area (TPSA) is 64.3 Å². The monoisotopic (exact) mass is 282 g/mol. The van der Waals surface area contributed by atoms with Gasteiger partial charge in [0.15, 0.2) is 0 Å². The molecule has 0 unspecified atom stereocenters. The first kappa shape index (κ1) is 13.2. The zero-order chi connectivity index (χ0) is 14.8. The number of fused-ring (bicyclic) bond motifs is 1. The number of para-hydroxylation sites is 1. The van der Waals surface area contributed by atoms with Crippen LogP contribution in [0, 0.1) is 0 Å². The van der Waals surface area contributed by atoms with E-state index in [0.717, 1.165) is 16.6 Å². The van der Waals surface area contributed by atoms with Gasteiger partial charge in [0.2, 0.25) is 5.88 Å². The summed E-state index contributed by atoms with van der Waals surface area (Å²) in [5, 5.41) is 10.0. The van der Waals surface area contributed by atoms with Gasteiger partial charge in [0.25, 0.3) is 0 Å². The maximum absolute atomic E-state index is 11.3. The number of aromatic carboxylic acids is 1. The van der Waals surface area contributed by atoms with Crippen molar-refractivity contribution in [2.45, 2.75) is 6.54 Å². The van der Waals surface area contributed by atoms with Crippen LogP contribution in [-0.2, 0) is 6.54 Å². The number of pyridine rings is 1. The fourth-order valence-electron chi connectivity index (χ4n) is 2.38. The lowest BCUT2D eigenvalue weighted by Crippen LogP contribution is -2.01. The van der Waals surface area contributed by atoms with Crippen molar-refractivity contribution in [2.24, 2.45) is 0 Å². The van der Waals surface area contributed by atoms with Gasteiger partial charge in [0.05, 0.1) is 24.9 Å². The van der Waals surface area contributed by atoms with Crippen molar-refractivity contribution in [1.29, 1.82) is 0 Å². The third kappa shape index (κ3) is 2.45. The van der Waals surface area contributed by atoms with Crippen LogP contribution in [0.15, 0.2) is 48.7 Å². The highest BCUT2D eigenvalue weighted by Gasteiger charge is 2.14. The molecule has 0 aliphatic rings. The van der Waals surface area contributed by atoms with Gasteiger partial charge in [-0.05, 0) is 12.1 Å². The fourth-order valence-corrected chi connectivity index (χ4v) is 2.38. The molecule has 21 heavy (non-hydrogen) atoms. The van der Waals surface area contributed by atoms with Crippen LogP contribution < -0.4 is 4.74 Å². The smallest absolute Gasteiger partial charge is 0.337 e. The molecular formula is C16H14N2O3. The van der Waals surface area contributed by atoms with Gasteiger partial charge in [0.1, 0.15) is 0 Å². The van der Waals surface area contributed by atoms with Gasteiger partial charge in [-0.15, -0.1) is 0 Å². The number of aromatic nitrogens is 2.